The smallest absolute Gasteiger partial charge is 0.410 e. The maximum atomic E-state index is 14.9. The van der Waals surface area contributed by atoms with Crippen molar-refractivity contribution in [1.29, 1.82) is 0 Å². The fraction of sp³-hybridized carbons (Fsp3) is 0.600. The van der Waals surface area contributed by atoms with Gasteiger partial charge >= 0.3 is 12.1 Å². The largest absolute Gasteiger partial charge is 0.445 e. The normalized spacial score (nSPS) is 16.9. The number of carbonyl (C=O) groups excluding carboxylic acids is 11. The molecular formula is C70H104N12O14S. The second kappa shape index (κ2) is 39.2. The van der Waals surface area contributed by atoms with Crippen LogP contribution in [0.15, 0.2) is 78.3 Å². The maximum Gasteiger partial charge on any atom is 0.410 e. The molecule has 0 radical (unpaired) electrons. The number of likely N-dealkylation sites (tertiary alicyclic amines) is 1. The number of primary amides is 1. The molecule has 3 heterocycles. The zero-order valence-electron chi connectivity index (χ0n) is 58.6. The second-order valence-corrected chi connectivity index (χ2v) is 27.2. The Morgan fingerprint density at radius 1 is 0.732 bits per heavy atom. The molecule has 12 amide bonds. The molecule has 0 spiro atoms. The quantitative estimate of drug-likeness (QED) is 0.0240. The molecule has 0 bridgehead atoms. The van der Waals surface area contributed by atoms with E-state index < -0.39 is 102 Å². The summed E-state index contributed by atoms with van der Waals surface area (Å²) in [4.78, 5) is 158. The van der Waals surface area contributed by atoms with E-state index in [2.05, 4.69) is 36.9 Å². The van der Waals surface area contributed by atoms with Gasteiger partial charge in [0.1, 0.15) is 35.8 Å². The van der Waals surface area contributed by atoms with Crippen molar-refractivity contribution >= 4 is 82.3 Å². The molecule has 0 aliphatic carbocycles. The highest BCUT2D eigenvalue weighted by Gasteiger charge is 2.44. The molecule has 2 aliphatic heterocycles. The number of carbonyl (C=O) groups is 11. The third-order valence-electron chi connectivity index (χ3n) is 18.1. The molecule has 5 rings (SSSR count). The third-order valence-corrected chi connectivity index (χ3v) is 19.0. The molecular weight excluding hydrogens is 1260 g/mol. The van der Waals surface area contributed by atoms with Crippen LogP contribution in [0.3, 0.4) is 0 Å². The van der Waals surface area contributed by atoms with Crippen molar-refractivity contribution in [2.45, 2.75) is 194 Å². The summed E-state index contributed by atoms with van der Waals surface area (Å²) in [5, 5.41) is 19.6. The minimum atomic E-state index is -1.11. The molecule has 0 saturated carbocycles. The molecule has 1 fully saturated rings. The zero-order valence-corrected chi connectivity index (χ0v) is 59.4. The number of anilines is 1. The van der Waals surface area contributed by atoms with Crippen molar-refractivity contribution in [3.05, 3.63) is 94.5 Å². The van der Waals surface area contributed by atoms with Gasteiger partial charge in [0.2, 0.25) is 41.4 Å². The van der Waals surface area contributed by atoms with Gasteiger partial charge in [-0.15, -0.1) is 11.3 Å². The number of nitrogens with zero attached hydrogens (tertiary/aromatic N) is 5. The second-order valence-electron chi connectivity index (χ2n) is 26.2. The summed E-state index contributed by atoms with van der Waals surface area (Å²) in [6, 6.07) is 9.87. The molecule has 26 nitrogen and oxygen atoms in total. The van der Waals surface area contributed by atoms with Crippen LogP contribution in [-0.4, -0.2) is 186 Å². The van der Waals surface area contributed by atoms with Crippen molar-refractivity contribution in [2.75, 3.05) is 53.3 Å². The van der Waals surface area contributed by atoms with E-state index >= 15 is 0 Å². The average Bonchev–Trinajstić information content (AvgIpc) is 1.80. The van der Waals surface area contributed by atoms with E-state index in [1.54, 1.807) is 82.1 Å². The molecule has 97 heavy (non-hydrogen) atoms. The maximum absolute atomic E-state index is 14.9. The van der Waals surface area contributed by atoms with Gasteiger partial charge in [-0.25, -0.2) is 14.6 Å². The Morgan fingerprint density at radius 2 is 1.40 bits per heavy atom. The Morgan fingerprint density at radius 3 is 1.99 bits per heavy atom. The number of amides is 12. The molecule has 27 heteroatoms. The van der Waals surface area contributed by atoms with E-state index in [1.165, 1.54) is 42.5 Å². The first-order valence-electron chi connectivity index (χ1n) is 33.7. The van der Waals surface area contributed by atoms with Crippen LogP contribution in [0.1, 0.15) is 149 Å². The Kier molecular flexibility index (Phi) is 32.1. The van der Waals surface area contributed by atoms with Gasteiger partial charge in [0, 0.05) is 83.8 Å². The fourth-order valence-electron chi connectivity index (χ4n) is 12.4. The molecule has 2 aliphatic rings. The summed E-state index contributed by atoms with van der Waals surface area (Å²) in [6.45, 7) is 17.0. The van der Waals surface area contributed by atoms with Gasteiger partial charge in [0.15, 0.2) is 0 Å². The summed E-state index contributed by atoms with van der Waals surface area (Å²) < 4.78 is 17.9. The van der Waals surface area contributed by atoms with E-state index in [0.717, 1.165) is 15.5 Å². The predicted molar refractivity (Wildman–Crippen MR) is 368 cm³/mol. The highest BCUT2D eigenvalue weighted by molar-refractivity contribution is 7.09. The molecule has 2 aromatic carbocycles. The number of thiazole rings is 1. The van der Waals surface area contributed by atoms with Gasteiger partial charge < -0.3 is 61.6 Å². The molecule has 1 unspecified atom stereocenters. The number of aromatic nitrogens is 1. The number of benzene rings is 2. The van der Waals surface area contributed by atoms with Crippen LogP contribution < -0.4 is 37.6 Å². The standard InChI is InChI=1S/C70H104N12O14S/c1-14-45(8)61(53(94-12)40-57(86)81-37-22-26-52(81)62(95-13)46(9)63(87)76-51(67-72-35-38-97-67)39-47-23-17-15-18-24-47)79(10)68(91)59(43(4)5)78-66(90)60(44(6)7)80(11)70(93)96-41-48-28-30-49(31-29-48)74-64(88)50(25-21-34-73-69(71)92)75-65(89)58(42(2)3)77-54(83)27-19-16-20-36-82-55(84)32-33-56(82)85/h15,17-18,23-24,28-33,35,38,42-46,50-53,58-62H,14,16,19-22,25-27,34,36-37,39-41H2,1-13H3,(H,74,88)(H,75,89)(H,76,87)(H,77,83)(H,78,90)(H3,71,73,92)/t45-,46+,50-,51-,52-,53+,58?,59-,60-,61-,62+/m0/s1. The summed E-state index contributed by atoms with van der Waals surface area (Å²) >= 11 is 1.47. The van der Waals surface area contributed by atoms with Crippen molar-refractivity contribution in [3.63, 3.8) is 0 Å². The Hall–Kier alpha value is -8.30. The fourth-order valence-corrected chi connectivity index (χ4v) is 13.1. The molecule has 8 N–H and O–H groups in total. The highest BCUT2D eigenvalue weighted by Crippen LogP contribution is 2.31. The van der Waals surface area contributed by atoms with Crippen LogP contribution in [0.4, 0.5) is 15.3 Å². The number of nitrogens with one attached hydrogen (secondary N) is 6. The van der Waals surface area contributed by atoms with Crippen LogP contribution in [0.2, 0.25) is 0 Å². The van der Waals surface area contributed by atoms with E-state index in [0.29, 0.717) is 62.7 Å². The van der Waals surface area contributed by atoms with Crippen molar-refractivity contribution in [3.8, 4) is 0 Å². The summed E-state index contributed by atoms with van der Waals surface area (Å²) in [6.07, 6.45) is 6.28. The van der Waals surface area contributed by atoms with Gasteiger partial charge in [0.25, 0.3) is 11.8 Å². The number of hydrogen-bond acceptors (Lipinski definition) is 16. The first-order valence-corrected chi connectivity index (χ1v) is 34.6. The minimum absolute atomic E-state index is 0.0756. The number of nitrogens with two attached hydrogens (primary N) is 1. The first kappa shape index (κ1) is 79.4. The van der Waals surface area contributed by atoms with Gasteiger partial charge in [-0.05, 0) is 91.9 Å². The van der Waals surface area contributed by atoms with E-state index in [9.17, 15) is 52.7 Å². The summed E-state index contributed by atoms with van der Waals surface area (Å²) in [7, 11) is 6.16. The zero-order chi connectivity index (χ0) is 71.6. The van der Waals surface area contributed by atoms with Crippen molar-refractivity contribution in [2.24, 2.45) is 35.3 Å². The predicted octanol–water partition coefficient (Wildman–Crippen LogP) is 6.40. The monoisotopic (exact) mass is 1370 g/mol. The number of imide groups is 1. The van der Waals surface area contributed by atoms with E-state index in [1.807, 2.05) is 70.3 Å². The lowest BCUT2D eigenvalue weighted by molar-refractivity contribution is -0.148. The van der Waals surface area contributed by atoms with E-state index in [-0.39, 0.29) is 92.8 Å². The topological polar surface area (TPSA) is 340 Å². The van der Waals surface area contributed by atoms with Crippen LogP contribution >= 0.6 is 11.3 Å². The number of urea groups is 1. The van der Waals surface area contributed by atoms with Crippen LogP contribution in [0, 0.1) is 29.6 Å². The number of hydrogen-bond donors (Lipinski definition) is 7. The molecule has 3 aromatic rings. The van der Waals surface area contributed by atoms with Crippen LogP contribution in [0.25, 0.3) is 0 Å². The number of methoxy groups -OCH3 is 2. The molecule has 1 aromatic heterocycles. The first-order chi connectivity index (χ1) is 46.1. The number of rotatable bonds is 39. The van der Waals surface area contributed by atoms with E-state index in [4.69, 9.17) is 19.9 Å². The minimum Gasteiger partial charge on any atom is -0.445 e. The summed E-state index contributed by atoms with van der Waals surface area (Å²) in [5.41, 5.74) is 7.17. The number of ether oxygens (including phenoxy) is 3. The van der Waals surface area contributed by atoms with Gasteiger partial charge in [-0.2, -0.15) is 0 Å². The number of unbranched alkanes of at least 4 members (excludes halogenated alkanes) is 2. The summed E-state index contributed by atoms with van der Waals surface area (Å²) in [5.74, 6) is -5.80. The van der Waals surface area contributed by atoms with Gasteiger partial charge in [0.05, 0.1) is 42.7 Å². The lowest BCUT2D eigenvalue weighted by atomic mass is 9.89. The van der Waals surface area contributed by atoms with Crippen LogP contribution in [0.5, 0.6) is 0 Å². The lowest BCUT2D eigenvalue weighted by Gasteiger charge is -2.41. The molecule has 534 valence electrons. The highest BCUT2D eigenvalue weighted by atomic mass is 32.1. The average molecular weight is 1370 g/mol. The molecule has 11 atom stereocenters. The third kappa shape index (κ3) is 23.5. The molecule has 1 saturated heterocycles. The van der Waals surface area contributed by atoms with Gasteiger partial charge in [-0.1, -0.05) is 118 Å². The number of likely N-dealkylation sites (N-methyl/N-ethyl adjacent to an activating group) is 2. The SMILES string of the molecule is CC[C@H](C)[C@@H]([C@@H](CC(=O)N1CCC[C@H]1[C@H](OC)[C@@H](C)C(=O)N[C@@H](Cc1ccccc1)c1nccs1)OC)N(C)C(=O)[C@@H](NC(=O)[C@H](C(C)C)N(C)C(=O)OCc1ccc(NC(=O)[C@H](CCCNC(N)=O)NC(=O)C(NC(=O)CCCCCN2C(=O)C=CC2=O)C(C)C)cc1)C(C)C. The Labute approximate surface area is 575 Å². The van der Waals surface area contributed by atoms with Gasteiger partial charge in [-0.3, -0.25) is 53.0 Å². The van der Waals surface area contributed by atoms with Crippen LogP contribution in [-0.2, 0) is 70.4 Å². The Balaban J connectivity index is 1.18. The van der Waals surface area contributed by atoms with Crippen molar-refractivity contribution < 1.29 is 67.0 Å². The Bertz CT molecular complexity index is 3120. The van der Waals surface area contributed by atoms with Crippen molar-refractivity contribution in [1.82, 2.24) is 51.2 Å². The lowest BCUT2D eigenvalue weighted by Crippen LogP contribution is -2.60.